The lowest BCUT2D eigenvalue weighted by atomic mass is 10.1. The molecule has 0 spiro atoms. The number of rotatable bonds is 7. The van der Waals surface area contributed by atoms with E-state index in [1.54, 1.807) is 30.3 Å². The smallest absolute Gasteiger partial charge is 0.337 e. The molecule has 0 aliphatic rings. The van der Waals surface area contributed by atoms with E-state index < -0.39 is 11.8 Å². The van der Waals surface area contributed by atoms with Gasteiger partial charge in [-0.2, -0.15) is 0 Å². The first kappa shape index (κ1) is 21.2. The molecule has 0 radical (unpaired) electrons. The van der Waals surface area contributed by atoms with Crippen LogP contribution in [0.25, 0.3) is 0 Å². The first-order valence-electron chi connectivity index (χ1n) is 8.45. The van der Waals surface area contributed by atoms with E-state index in [0.29, 0.717) is 28.6 Å². The van der Waals surface area contributed by atoms with E-state index in [4.69, 9.17) is 44.6 Å². The third-order valence-electron chi connectivity index (χ3n) is 4.10. The number of carbonyl (C=O) groups is 1. The summed E-state index contributed by atoms with van der Waals surface area (Å²) >= 11 is 18.2. The van der Waals surface area contributed by atoms with Gasteiger partial charge in [0.1, 0.15) is 18.2 Å². The van der Waals surface area contributed by atoms with Gasteiger partial charge < -0.3 is 15.2 Å². The molecule has 2 N–H and O–H groups in total. The number of ether oxygens (including phenoxy) is 1. The van der Waals surface area contributed by atoms with Crippen LogP contribution in [-0.4, -0.2) is 11.1 Å². The largest absolute Gasteiger partial charge is 0.488 e. The van der Waals surface area contributed by atoms with Gasteiger partial charge in [0.05, 0.1) is 15.6 Å². The fourth-order valence-electron chi connectivity index (χ4n) is 2.62. The maximum atomic E-state index is 13.2. The highest BCUT2D eigenvalue weighted by Crippen LogP contribution is 2.27. The van der Waals surface area contributed by atoms with E-state index in [-0.39, 0.29) is 22.2 Å². The van der Waals surface area contributed by atoms with Crippen LogP contribution in [0.4, 0.5) is 10.1 Å². The Labute approximate surface area is 181 Å². The monoisotopic (exact) mass is 453 g/mol. The highest BCUT2D eigenvalue weighted by atomic mass is 35.5. The molecule has 3 rings (SSSR count). The van der Waals surface area contributed by atoms with Gasteiger partial charge in [-0.1, -0.05) is 40.9 Å². The van der Waals surface area contributed by atoms with Crippen LogP contribution in [0.3, 0.4) is 0 Å². The van der Waals surface area contributed by atoms with Crippen molar-refractivity contribution in [1.82, 2.24) is 0 Å². The van der Waals surface area contributed by atoms with Gasteiger partial charge in [-0.3, -0.25) is 0 Å². The zero-order valence-electron chi connectivity index (χ0n) is 14.9. The Morgan fingerprint density at radius 3 is 2.45 bits per heavy atom. The number of carboxylic acids is 1. The predicted molar refractivity (Wildman–Crippen MR) is 113 cm³/mol. The number of halogens is 4. The number of hydrogen-bond donors (Lipinski definition) is 2. The second kappa shape index (κ2) is 9.35. The standard InChI is InChI=1S/C21H15Cl3FNO3/c22-14-2-6-20(29-11-12-1-3-15(25)8-18(12)23)13(7-14)10-26-16-4-5-17(21(27)28)19(24)9-16/h1-9,26H,10-11H2,(H,27,28). The molecule has 0 amide bonds. The average Bonchev–Trinajstić information content (AvgIpc) is 2.66. The molecule has 0 saturated carbocycles. The Hall–Kier alpha value is -2.47. The molecule has 0 bridgehead atoms. The summed E-state index contributed by atoms with van der Waals surface area (Å²) in [5.74, 6) is -0.926. The summed E-state index contributed by atoms with van der Waals surface area (Å²) in [7, 11) is 0. The molecule has 0 aliphatic heterocycles. The highest BCUT2D eigenvalue weighted by Gasteiger charge is 2.11. The molecule has 8 heteroatoms. The molecule has 29 heavy (non-hydrogen) atoms. The van der Waals surface area contributed by atoms with Gasteiger partial charge in [0.15, 0.2) is 0 Å². The van der Waals surface area contributed by atoms with Crippen molar-refractivity contribution in [3.8, 4) is 5.75 Å². The Morgan fingerprint density at radius 2 is 1.76 bits per heavy atom. The number of hydrogen-bond acceptors (Lipinski definition) is 3. The molecule has 0 fully saturated rings. The summed E-state index contributed by atoms with van der Waals surface area (Å²) in [6.07, 6.45) is 0. The van der Waals surface area contributed by atoms with Crippen molar-refractivity contribution < 1.29 is 19.0 Å². The zero-order valence-corrected chi connectivity index (χ0v) is 17.2. The Balaban J connectivity index is 1.73. The van der Waals surface area contributed by atoms with Crippen LogP contribution in [0.5, 0.6) is 5.75 Å². The molecular formula is C21H15Cl3FNO3. The topological polar surface area (TPSA) is 58.6 Å². The molecule has 3 aromatic rings. The van der Waals surface area contributed by atoms with Crippen molar-refractivity contribution in [3.63, 3.8) is 0 Å². The summed E-state index contributed by atoms with van der Waals surface area (Å²) in [6.45, 7) is 0.517. The van der Waals surface area contributed by atoms with Crippen molar-refractivity contribution in [2.45, 2.75) is 13.2 Å². The minimum Gasteiger partial charge on any atom is -0.488 e. The molecule has 0 aromatic heterocycles. The third-order valence-corrected chi connectivity index (χ3v) is 5.00. The summed E-state index contributed by atoms with van der Waals surface area (Å²) in [4.78, 5) is 11.1. The lowest BCUT2D eigenvalue weighted by Crippen LogP contribution is -2.05. The van der Waals surface area contributed by atoms with Gasteiger partial charge in [0, 0.05) is 28.4 Å². The fraction of sp³-hybridized carbons (Fsp3) is 0.0952. The fourth-order valence-corrected chi connectivity index (χ4v) is 3.29. The molecule has 0 aliphatic carbocycles. The maximum Gasteiger partial charge on any atom is 0.337 e. The number of anilines is 1. The van der Waals surface area contributed by atoms with Crippen molar-refractivity contribution in [2.75, 3.05) is 5.32 Å². The lowest BCUT2D eigenvalue weighted by Gasteiger charge is -2.14. The van der Waals surface area contributed by atoms with E-state index in [2.05, 4.69) is 5.32 Å². The van der Waals surface area contributed by atoms with Crippen LogP contribution in [0.15, 0.2) is 54.6 Å². The number of benzene rings is 3. The minimum atomic E-state index is -1.09. The molecule has 0 atom stereocenters. The Kier molecular flexibility index (Phi) is 6.85. The van der Waals surface area contributed by atoms with Crippen LogP contribution in [-0.2, 0) is 13.2 Å². The van der Waals surface area contributed by atoms with Gasteiger partial charge in [-0.25, -0.2) is 9.18 Å². The van der Waals surface area contributed by atoms with Gasteiger partial charge in [0.25, 0.3) is 0 Å². The average molecular weight is 455 g/mol. The SMILES string of the molecule is O=C(O)c1ccc(NCc2cc(Cl)ccc2OCc2ccc(F)cc2Cl)cc1Cl. The normalized spacial score (nSPS) is 10.6. The quantitative estimate of drug-likeness (QED) is 0.418. The van der Waals surface area contributed by atoms with Crippen molar-refractivity contribution in [2.24, 2.45) is 0 Å². The van der Waals surface area contributed by atoms with Gasteiger partial charge in [0.2, 0.25) is 0 Å². The van der Waals surface area contributed by atoms with Crippen LogP contribution >= 0.6 is 34.8 Å². The number of aromatic carboxylic acids is 1. The molecule has 0 heterocycles. The molecule has 4 nitrogen and oxygen atoms in total. The van der Waals surface area contributed by atoms with Crippen LogP contribution < -0.4 is 10.1 Å². The van der Waals surface area contributed by atoms with E-state index in [0.717, 1.165) is 5.56 Å². The predicted octanol–water partition coefficient (Wildman–Crippen LogP) is 6.68. The number of nitrogens with one attached hydrogen (secondary N) is 1. The first-order valence-corrected chi connectivity index (χ1v) is 9.59. The molecular weight excluding hydrogens is 440 g/mol. The lowest BCUT2D eigenvalue weighted by molar-refractivity contribution is 0.0697. The third kappa shape index (κ3) is 5.54. The van der Waals surface area contributed by atoms with Crippen molar-refractivity contribution in [1.29, 1.82) is 0 Å². The summed E-state index contributed by atoms with van der Waals surface area (Å²) < 4.78 is 19.0. The maximum absolute atomic E-state index is 13.2. The number of carboxylic acid groups (broad SMARTS) is 1. The molecule has 0 unspecified atom stereocenters. The van der Waals surface area contributed by atoms with Gasteiger partial charge in [-0.15, -0.1) is 0 Å². The van der Waals surface area contributed by atoms with E-state index in [1.165, 1.54) is 24.3 Å². The van der Waals surface area contributed by atoms with Crippen LogP contribution in [0, 0.1) is 5.82 Å². The second-order valence-corrected chi connectivity index (χ2v) is 7.38. The Bertz CT molecular complexity index is 1060. The Morgan fingerprint density at radius 1 is 0.966 bits per heavy atom. The van der Waals surface area contributed by atoms with Gasteiger partial charge >= 0.3 is 5.97 Å². The van der Waals surface area contributed by atoms with Crippen LogP contribution in [0.2, 0.25) is 15.1 Å². The van der Waals surface area contributed by atoms with E-state index >= 15 is 0 Å². The first-order chi connectivity index (χ1) is 13.8. The van der Waals surface area contributed by atoms with E-state index in [1.807, 2.05) is 0 Å². The van der Waals surface area contributed by atoms with Crippen LogP contribution in [0.1, 0.15) is 21.5 Å². The molecule has 150 valence electrons. The highest BCUT2D eigenvalue weighted by molar-refractivity contribution is 6.33. The summed E-state index contributed by atoms with van der Waals surface area (Å²) in [5.41, 5.74) is 2.10. The van der Waals surface area contributed by atoms with Crippen molar-refractivity contribution >= 4 is 46.5 Å². The zero-order chi connectivity index (χ0) is 21.0. The van der Waals surface area contributed by atoms with Crippen molar-refractivity contribution in [3.05, 3.63) is 92.2 Å². The van der Waals surface area contributed by atoms with E-state index in [9.17, 15) is 9.18 Å². The minimum absolute atomic E-state index is 0.0279. The molecule has 3 aromatic carbocycles. The summed E-state index contributed by atoms with van der Waals surface area (Å²) in [5, 5.41) is 13.2. The second-order valence-electron chi connectivity index (χ2n) is 6.13. The van der Waals surface area contributed by atoms with Gasteiger partial charge in [-0.05, 0) is 48.5 Å². The summed E-state index contributed by atoms with van der Waals surface area (Å²) in [6, 6.07) is 13.9. The molecule has 0 saturated heterocycles.